The third kappa shape index (κ3) is 3.74. The normalized spacial score (nSPS) is 13.6. The van der Waals surface area contributed by atoms with Crippen LogP contribution in [-0.4, -0.2) is 15.0 Å². The molecule has 130 valence electrons. The standard InChI is InChI=1S/C17H16BrN3O4/c1-17(2,3)14-10(19-8-24-14)7-12-16(23)20-11(15(22)21-12)6-9-4-5-13(18)25-9/h4-8H,1-3H3,(H,20,23)(H,21,22). The number of oxazole rings is 1. The summed E-state index contributed by atoms with van der Waals surface area (Å²) >= 11 is 3.18. The van der Waals surface area contributed by atoms with E-state index in [-0.39, 0.29) is 16.1 Å². The van der Waals surface area contributed by atoms with Crippen LogP contribution >= 0.6 is 15.9 Å². The lowest BCUT2D eigenvalue weighted by Crippen LogP contribution is -2.46. The minimum atomic E-state index is -0.445. The molecule has 2 N–H and O–H groups in total. The molecule has 0 aromatic carbocycles. The Morgan fingerprint density at radius 1 is 1.08 bits per heavy atom. The minimum absolute atomic E-state index is 0.0974. The number of aromatic nitrogens is 3. The molecule has 0 unspecified atom stereocenters. The van der Waals surface area contributed by atoms with E-state index in [1.807, 2.05) is 20.8 Å². The summed E-state index contributed by atoms with van der Waals surface area (Å²) in [5.41, 5.74) is -0.672. The van der Waals surface area contributed by atoms with Gasteiger partial charge < -0.3 is 18.8 Å². The summed E-state index contributed by atoms with van der Waals surface area (Å²) in [6.45, 7) is 5.91. The molecule has 0 spiro atoms. The largest absolute Gasteiger partial charge is 0.450 e. The van der Waals surface area contributed by atoms with Crippen molar-refractivity contribution < 1.29 is 8.83 Å². The highest BCUT2D eigenvalue weighted by atomic mass is 79.9. The third-order valence-electron chi connectivity index (χ3n) is 3.42. The molecule has 0 amide bonds. The summed E-state index contributed by atoms with van der Waals surface area (Å²) in [5.74, 6) is 1.07. The maximum absolute atomic E-state index is 12.3. The zero-order valence-electron chi connectivity index (χ0n) is 13.8. The number of H-pyrrole nitrogens is 2. The molecular formula is C17H16BrN3O4. The summed E-state index contributed by atoms with van der Waals surface area (Å²) in [4.78, 5) is 33.8. The maximum atomic E-state index is 12.3. The first-order valence-corrected chi connectivity index (χ1v) is 8.29. The van der Waals surface area contributed by atoms with Crippen LogP contribution in [0.3, 0.4) is 0 Å². The summed E-state index contributed by atoms with van der Waals surface area (Å²) in [7, 11) is 0. The second kappa shape index (κ2) is 6.36. The van der Waals surface area contributed by atoms with Crippen LogP contribution in [0, 0.1) is 0 Å². The second-order valence-electron chi connectivity index (χ2n) is 6.48. The fourth-order valence-corrected chi connectivity index (χ4v) is 2.62. The molecule has 0 aliphatic heterocycles. The van der Waals surface area contributed by atoms with E-state index in [1.165, 1.54) is 18.5 Å². The van der Waals surface area contributed by atoms with Gasteiger partial charge in [0.05, 0.1) is 0 Å². The quantitative estimate of drug-likeness (QED) is 0.669. The molecule has 3 heterocycles. The number of rotatable bonds is 2. The first-order valence-electron chi connectivity index (χ1n) is 7.49. The van der Waals surface area contributed by atoms with Gasteiger partial charge in [-0.05, 0) is 34.1 Å². The smallest absolute Gasteiger partial charge is 0.272 e. The fraction of sp³-hybridized carbons (Fsp3) is 0.235. The Bertz CT molecular complexity index is 1140. The van der Waals surface area contributed by atoms with E-state index in [1.54, 1.807) is 12.1 Å². The van der Waals surface area contributed by atoms with Crippen LogP contribution < -0.4 is 21.8 Å². The third-order valence-corrected chi connectivity index (χ3v) is 3.85. The summed E-state index contributed by atoms with van der Waals surface area (Å²) < 4.78 is 11.2. The van der Waals surface area contributed by atoms with Gasteiger partial charge in [-0.15, -0.1) is 0 Å². The Morgan fingerprint density at radius 2 is 1.72 bits per heavy atom. The molecule has 0 atom stereocenters. The molecule has 0 aliphatic rings. The number of aromatic amines is 2. The zero-order chi connectivity index (χ0) is 18.2. The monoisotopic (exact) mass is 405 g/mol. The van der Waals surface area contributed by atoms with Crippen LogP contribution in [-0.2, 0) is 5.41 Å². The van der Waals surface area contributed by atoms with Gasteiger partial charge in [-0.2, -0.15) is 0 Å². The molecule has 0 aliphatic carbocycles. The molecule has 0 radical (unpaired) electrons. The molecule has 8 heteroatoms. The van der Waals surface area contributed by atoms with Gasteiger partial charge in [0, 0.05) is 11.5 Å². The Kier molecular flexibility index (Phi) is 4.38. The van der Waals surface area contributed by atoms with E-state index in [0.717, 1.165) is 0 Å². The van der Waals surface area contributed by atoms with Crippen molar-refractivity contribution in [2.24, 2.45) is 0 Å². The molecule has 0 bridgehead atoms. The molecule has 7 nitrogen and oxygen atoms in total. The first-order chi connectivity index (χ1) is 11.7. The van der Waals surface area contributed by atoms with Gasteiger partial charge in [0.25, 0.3) is 11.1 Å². The lowest BCUT2D eigenvalue weighted by molar-refractivity contribution is 0.407. The van der Waals surface area contributed by atoms with E-state index in [0.29, 0.717) is 21.9 Å². The van der Waals surface area contributed by atoms with Gasteiger partial charge in [-0.25, -0.2) is 4.98 Å². The Morgan fingerprint density at radius 3 is 2.28 bits per heavy atom. The van der Waals surface area contributed by atoms with Gasteiger partial charge >= 0.3 is 0 Å². The molecule has 0 saturated carbocycles. The Labute approximate surface area is 150 Å². The molecule has 0 fully saturated rings. The average molecular weight is 406 g/mol. The number of furan rings is 1. The fourth-order valence-electron chi connectivity index (χ4n) is 2.30. The van der Waals surface area contributed by atoms with Crippen molar-refractivity contribution in [3.8, 4) is 0 Å². The van der Waals surface area contributed by atoms with Crippen molar-refractivity contribution in [3.05, 3.63) is 71.8 Å². The van der Waals surface area contributed by atoms with Crippen molar-refractivity contribution in [1.29, 1.82) is 0 Å². The summed E-state index contributed by atoms with van der Waals surface area (Å²) in [6.07, 6.45) is 4.26. The molecule has 3 aromatic heterocycles. The number of nitrogens with zero attached hydrogens (tertiary/aromatic N) is 1. The molecular weight excluding hydrogens is 390 g/mol. The minimum Gasteiger partial charge on any atom is -0.450 e. The number of hydrogen-bond acceptors (Lipinski definition) is 5. The van der Waals surface area contributed by atoms with Crippen molar-refractivity contribution in [1.82, 2.24) is 15.0 Å². The highest BCUT2D eigenvalue weighted by Gasteiger charge is 2.21. The molecule has 3 rings (SSSR count). The van der Waals surface area contributed by atoms with Gasteiger partial charge in [0.1, 0.15) is 27.9 Å². The highest BCUT2D eigenvalue weighted by molar-refractivity contribution is 9.10. The van der Waals surface area contributed by atoms with Gasteiger partial charge in [-0.3, -0.25) is 9.59 Å². The van der Waals surface area contributed by atoms with E-state index < -0.39 is 11.1 Å². The van der Waals surface area contributed by atoms with Crippen LogP contribution in [0.25, 0.3) is 12.2 Å². The van der Waals surface area contributed by atoms with E-state index >= 15 is 0 Å². The molecule has 0 saturated heterocycles. The van der Waals surface area contributed by atoms with Crippen LogP contribution in [0.1, 0.15) is 38.0 Å². The van der Waals surface area contributed by atoms with E-state index in [2.05, 4.69) is 30.9 Å². The highest BCUT2D eigenvalue weighted by Crippen LogP contribution is 2.25. The van der Waals surface area contributed by atoms with Crippen molar-refractivity contribution in [2.75, 3.05) is 0 Å². The van der Waals surface area contributed by atoms with Crippen molar-refractivity contribution in [2.45, 2.75) is 26.2 Å². The van der Waals surface area contributed by atoms with E-state index in [4.69, 9.17) is 8.83 Å². The second-order valence-corrected chi connectivity index (χ2v) is 7.26. The van der Waals surface area contributed by atoms with Gasteiger partial charge in [0.15, 0.2) is 11.1 Å². The number of halogens is 1. The number of nitrogens with one attached hydrogen (secondary N) is 2. The predicted molar refractivity (Wildman–Crippen MR) is 95.7 cm³/mol. The Balaban J connectivity index is 2.14. The lowest BCUT2D eigenvalue weighted by atomic mass is 9.92. The maximum Gasteiger partial charge on any atom is 0.272 e. The summed E-state index contributed by atoms with van der Waals surface area (Å²) in [5, 5.41) is 0.197. The van der Waals surface area contributed by atoms with Crippen LogP contribution in [0.4, 0.5) is 0 Å². The number of hydrogen-bond donors (Lipinski definition) is 2. The van der Waals surface area contributed by atoms with Gasteiger partial charge in [-0.1, -0.05) is 20.8 Å². The SMILES string of the molecule is CC(C)(C)c1ocnc1C=c1[nH]c(=O)c(=Cc2ccc(Br)o2)[nH]c1=O. The van der Waals surface area contributed by atoms with Crippen LogP contribution in [0.2, 0.25) is 0 Å². The zero-order valence-corrected chi connectivity index (χ0v) is 15.4. The average Bonchev–Trinajstić information content (AvgIpc) is 3.13. The van der Waals surface area contributed by atoms with Crippen molar-refractivity contribution >= 4 is 28.1 Å². The predicted octanol–water partition coefficient (Wildman–Crippen LogP) is 1.36. The van der Waals surface area contributed by atoms with Crippen LogP contribution in [0.15, 0.2) is 41.6 Å². The van der Waals surface area contributed by atoms with E-state index in [9.17, 15) is 9.59 Å². The Hall–Kier alpha value is -2.61. The summed E-state index contributed by atoms with van der Waals surface area (Å²) in [6, 6.07) is 3.37. The first kappa shape index (κ1) is 17.2. The molecule has 25 heavy (non-hydrogen) atoms. The molecule has 3 aromatic rings. The van der Waals surface area contributed by atoms with Gasteiger partial charge in [0.2, 0.25) is 0 Å². The topological polar surface area (TPSA) is 105 Å². The lowest BCUT2D eigenvalue weighted by Gasteiger charge is -2.14. The van der Waals surface area contributed by atoms with Crippen LogP contribution in [0.5, 0.6) is 0 Å². The van der Waals surface area contributed by atoms with Crippen molar-refractivity contribution in [3.63, 3.8) is 0 Å².